The molecule has 1 aliphatic rings. The van der Waals surface area contributed by atoms with Crippen molar-refractivity contribution in [3.05, 3.63) is 17.7 Å². The van der Waals surface area contributed by atoms with Crippen LogP contribution >= 0.6 is 0 Å². The molecule has 1 unspecified atom stereocenters. The van der Waals surface area contributed by atoms with Gasteiger partial charge in [-0.3, -0.25) is 0 Å². The Morgan fingerprint density at radius 1 is 1.32 bits per heavy atom. The summed E-state index contributed by atoms with van der Waals surface area (Å²) < 4.78 is 10.8. The van der Waals surface area contributed by atoms with Crippen LogP contribution in [0.4, 0.5) is 5.69 Å². The number of hydrogen-bond donors (Lipinski definition) is 1. The van der Waals surface area contributed by atoms with Crippen LogP contribution in [0, 0.1) is 0 Å². The van der Waals surface area contributed by atoms with E-state index in [1.807, 2.05) is 26.1 Å². The summed E-state index contributed by atoms with van der Waals surface area (Å²) in [6.45, 7) is 2.88. The number of hydroxylamine groups is 2. The lowest BCUT2D eigenvalue weighted by molar-refractivity contribution is -0.153. The van der Waals surface area contributed by atoms with Crippen molar-refractivity contribution in [2.45, 2.75) is 18.9 Å². The van der Waals surface area contributed by atoms with E-state index in [9.17, 15) is 5.21 Å². The van der Waals surface area contributed by atoms with Crippen molar-refractivity contribution in [1.29, 1.82) is 0 Å². The SMILES string of the molecule is COc1cc(OC)c2c(c1)C(C)(N(C)O)CCN2C. The van der Waals surface area contributed by atoms with Crippen molar-refractivity contribution in [2.75, 3.05) is 39.8 Å². The van der Waals surface area contributed by atoms with E-state index >= 15 is 0 Å². The van der Waals surface area contributed by atoms with Gasteiger partial charge in [-0.05, 0) is 19.4 Å². The zero-order chi connectivity index (χ0) is 14.2. The van der Waals surface area contributed by atoms with Crippen LogP contribution in [0.1, 0.15) is 18.9 Å². The molecule has 0 bridgehead atoms. The fraction of sp³-hybridized carbons (Fsp3) is 0.571. The van der Waals surface area contributed by atoms with Gasteiger partial charge in [-0.2, -0.15) is 5.06 Å². The fourth-order valence-electron chi connectivity index (χ4n) is 2.63. The molecule has 1 atom stereocenters. The number of nitrogens with zero attached hydrogens (tertiary/aromatic N) is 2. The molecule has 1 heterocycles. The Labute approximate surface area is 114 Å². The van der Waals surface area contributed by atoms with Crippen molar-refractivity contribution < 1.29 is 14.7 Å². The maximum absolute atomic E-state index is 10.0. The van der Waals surface area contributed by atoms with Crippen LogP contribution in [-0.4, -0.2) is 45.1 Å². The van der Waals surface area contributed by atoms with Gasteiger partial charge in [0.2, 0.25) is 0 Å². The van der Waals surface area contributed by atoms with E-state index in [4.69, 9.17) is 9.47 Å². The van der Waals surface area contributed by atoms with Crippen molar-refractivity contribution in [2.24, 2.45) is 0 Å². The lowest BCUT2D eigenvalue weighted by Crippen LogP contribution is -2.46. The van der Waals surface area contributed by atoms with Crippen LogP contribution in [0.15, 0.2) is 12.1 Å². The third kappa shape index (κ3) is 2.13. The molecule has 0 saturated heterocycles. The largest absolute Gasteiger partial charge is 0.497 e. The zero-order valence-electron chi connectivity index (χ0n) is 12.2. The summed E-state index contributed by atoms with van der Waals surface area (Å²) in [7, 11) is 7.00. The smallest absolute Gasteiger partial charge is 0.146 e. The van der Waals surface area contributed by atoms with E-state index in [0.717, 1.165) is 35.7 Å². The highest BCUT2D eigenvalue weighted by Crippen LogP contribution is 2.47. The van der Waals surface area contributed by atoms with Gasteiger partial charge in [-0.25, -0.2) is 0 Å². The maximum Gasteiger partial charge on any atom is 0.146 e. The lowest BCUT2D eigenvalue weighted by Gasteiger charge is -2.44. The average Bonchev–Trinajstić information content (AvgIpc) is 2.41. The predicted octanol–water partition coefficient (Wildman–Crippen LogP) is 2.08. The lowest BCUT2D eigenvalue weighted by atomic mass is 9.83. The molecule has 0 radical (unpaired) electrons. The molecule has 0 saturated carbocycles. The predicted molar refractivity (Wildman–Crippen MR) is 74.3 cm³/mol. The van der Waals surface area contributed by atoms with Crippen LogP contribution < -0.4 is 14.4 Å². The number of fused-ring (bicyclic) bond motifs is 1. The number of hydrogen-bond acceptors (Lipinski definition) is 5. The summed E-state index contributed by atoms with van der Waals surface area (Å²) in [4.78, 5) is 2.15. The molecule has 1 N–H and O–H groups in total. The Kier molecular flexibility index (Phi) is 3.60. The second-order valence-electron chi connectivity index (χ2n) is 5.19. The van der Waals surface area contributed by atoms with Crippen LogP contribution in [-0.2, 0) is 5.54 Å². The summed E-state index contributed by atoms with van der Waals surface area (Å²) in [5.41, 5.74) is 1.59. The quantitative estimate of drug-likeness (QED) is 0.849. The normalized spacial score (nSPS) is 22.4. The van der Waals surface area contributed by atoms with E-state index in [-0.39, 0.29) is 0 Å². The highest BCUT2D eigenvalue weighted by molar-refractivity contribution is 5.69. The van der Waals surface area contributed by atoms with Gasteiger partial charge in [0, 0.05) is 32.3 Å². The molecule has 19 heavy (non-hydrogen) atoms. The molecular weight excluding hydrogens is 244 g/mol. The number of methoxy groups -OCH3 is 2. The molecule has 0 spiro atoms. The molecule has 5 nitrogen and oxygen atoms in total. The van der Waals surface area contributed by atoms with Gasteiger partial charge in [0.05, 0.1) is 25.4 Å². The highest BCUT2D eigenvalue weighted by atomic mass is 16.5. The number of benzene rings is 1. The Balaban J connectivity index is 2.68. The van der Waals surface area contributed by atoms with Gasteiger partial charge in [-0.1, -0.05) is 0 Å². The first-order valence-corrected chi connectivity index (χ1v) is 6.34. The first-order valence-electron chi connectivity index (χ1n) is 6.34. The molecule has 0 fully saturated rings. The number of ether oxygens (including phenoxy) is 2. The third-order valence-electron chi connectivity index (χ3n) is 4.11. The number of anilines is 1. The third-order valence-corrected chi connectivity index (χ3v) is 4.11. The molecule has 0 aliphatic carbocycles. The minimum absolute atomic E-state index is 0.441. The Bertz CT molecular complexity index is 476. The molecule has 0 aromatic heterocycles. The Morgan fingerprint density at radius 2 is 2.00 bits per heavy atom. The monoisotopic (exact) mass is 266 g/mol. The average molecular weight is 266 g/mol. The van der Waals surface area contributed by atoms with E-state index in [0.29, 0.717) is 0 Å². The molecule has 5 heteroatoms. The second kappa shape index (κ2) is 4.90. The van der Waals surface area contributed by atoms with E-state index in [1.165, 1.54) is 5.06 Å². The first-order chi connectivity index (χ1) is 8.93. The van der Waals surface area contributed by atoms with Gasteiger partial charge in [0.15, 0.2) is 0 Å². The van der Waals surface area contributed by atoms with Crippen molar-refractivity contribution in [3.8, 4) is 11.5 Å². The van der Waals surface area contributed by atoms with Crippen LogP contribution in [0.5, 0.6) is 11.5 Å². The van der Waals surface area contributed by atoms with E-state index in [2.05, 4.69) is 4.90 Å². The van der Waals surface area contributed by atoms with Crippen molar-refractivity contribution in [3.63, 3.8) is 0 Å². The molecular formula is C14H22N2O3. The second-order valence-corrected chi connectivity index (χ2v) is 5.19. The summed E-state index contributed by atoms with van der Waals surface area (Å²) in [6.07, 6.45) is 0.833. The fourth-order valence-corrected chi connectivity index (χ4v) is 2.63. The topological polar surface area (TPSA) is 45.2 Å². The van der Waals surface area contributed by atoms with Gasteiger partial charge < -0.3 is 19.6 Å². The van der Waals surface area contributed by atoms with E-state index < -0.39 is 5.54 Å². The van der Waals surface area contributed by atoms with Crippen LogP contribution in [0.2, 0.25) is 0 Å². The summed E-state index contributed by atoms with van der Waals surface area (Å²) >= 11 is 0. The van der Waals surface area contributed by atoms with Crippen molar-refractivity contribution >= 4 is 5.69 Å². The molecule has 106 valence electrons. The van der Waals surface area contributed by atoms with Gasteiger partial charge in [0.25, 0.3) is 0 Å². The van der Waals surface area contributed by atoms with Gasteiger partial charge in [0.1, 0.15) is 11.5 Å². The van der Waals surface area contributed by atoms with Crippen LogP contribution in [0.3, 0.4) is 0 Å². The minimum atomic E-state index is -0.441. The Hall–Kier alpha value is -1.46. The van der Waals surface area contributed by atoms with Crippen molar-refractivity contribution in [1.82, 2.24) is 5.06 Å². The molecule has 1 aromatic carbocycles. The van der Waals surface area contributed by atoms with Gasteiger partial charge >= 0.3 is 0 Å². The first kappa shape index (κ1) is 14.0. The standard InChI is InChI=1S/C14H22N2O3/c1-14(16(3)17)6-7-15(2)13-11(14)8-10(18-4)9-12(13)19-5/h8-9,17H,6-7H2,1-5H3. The highest BCUT2D eigenvalue weighted by Gasteiger charge is 2.39. The Morgan fingerprint density at radius 3 is 2.53 bits per heavy atom. The minimum Gasteiger partial charge on any atom is -0.497 e. The molecule has 2 rings (SSSR count). The number of rotatable bonds is 3. The molecule has 1 aliphatic heterocycles. The van der Waals surface area contributed by atoms with Crippen LogP contribution in [0.25, 0.3) is 0 Å². The summed E-state index contributed by atoms with van der Waals surface area (Å²) in [5.74, 6) is 1.50. The van der Waals surface area contributed by atoms with Gasteiger partial charge in [-0.15, -0.1) is 0 Å². The summed E-state index contributed by atoms with van der Waals surface area (Å²) in [5, 5.41) is 11.3. The zero-order valence-corrected chi connectivity index (χ0v) is 12.2. The van der Waals surface area contributed by atoms with E-state index in [1.54, 1.807) is 21.3 Å². The molecule has 0 amide bonds. The molecule has 1 aromatic rings. The maximum atomic E-state index is 10.0. The summed E-state index contributed by atoms with van der Waals surface area (Å²) in [6, 6.07) is 3.85.